The lowest BCUT2D eigenvalue weighted by atomic mass is 9.92. The van der Waals surface area contributed by atoms with E-state index < -0.39 is 12.0 Å². The second-order valence-corrected chi connectivity index (χ2v) is 12.0. The predicted octanol–water partition coefficient (Wildman–Crippen LogP) is 3.98. The number of carboxylic acid groups (broad SMARTS) is 1. The summed E-state index contributed by atoms with van der Waals surface area (Å²) in [5, 5.41) is 26.9. The van der Waals surface area contributed by atoms with Crippen molar-refractivity contribution in [1.29, 1.82) is 5.41 Å². The number of hydrogen-bond donors (Lipinski definition) is 5. The van der Waals surface area contributed by atoms with Crippen molar-refractivity contribution in [2.75, 3.05) is 19.6 Å². The van der Waals surface area contributed by atoms with Gasteiger partial charge in [-0.1, -0.05) is 37.0 Å². The Balaban J connectivity index is 1.34. The van der Waals surface area contributed by atoms with Crippen LogP contribution in [0, 0.1) is 11.3 Å². The van der Waals surface area contributed by atoms with Gasteiger partial charge < -0.3 is 35.5 Å². The molecule has 6 N–H and O–H groups in total. The maximum atomic E-state index is 12.9. The molecule has 4 rings (SSSR count). The molecule has 45 heavy (non-hydrogen) atoms. The number of nitrogens with zero attached hydrogens (tertiary/aromatic N) is 3. The number of carboxylic acids is 1. The van der Waals surface area contributed by atoms with E-state index in [2.05, 4.69) is 15.7 Å². The Labute approximate surface area is 270 Å². The molecule has 1 aromatic carbocycles. The van der Waals surface area contributed by atoms with E-state index in [-0.39, 0.29) is 58.6 Å². The average molecular weight is 663 g/mol. The quantitative estimate of drug-likeness (QED) is 0.141. The number of rotatable bonds is 12. The van der Waals surface area contributed by atoms with Crippen LogP contribution in [0.15, 0.2) is 34.7 Å². The number of piperidine rings is 1. The van der Waals surface area contributed by atoms with Gasteiger partial charge in [0.2, 0.25) is 17.6 Å². The highest BCUT2D eigenvalue weighted by atomic mass is 35.5. The Morgan fingerprint density at radius 1 is 1.18 bits per heavy atom. The third-order valence-electron chi connectivity index (χ3n) is 7.51. The normalized spacial score (nSPS) is 14.3. The van der Waals surface area contributed by atoms with E-state index in [9.17, 15) is 14.4 Å². The summed E-state index contributed by atoms with van der Waals surface area (Å²) >= 11 is 13.1. The van der Waals surface area contributed by atoms with Crippen LogP contribution in [0.2, 0.25) is 10.0 Å². The van der Waals surface area contributed by atoms with Crippen LogP contribution in [0.3, 0.4) is 0 Å². The van der Waals surface area contributed by atoms with Crippen LogP contribution in [-0.4, -0.2) is 69.2 Å². The Morgan fingerprint density at radius 2 is 1.89 bits per heavy atom. The highest BCUT2D eigenvalue weighted by Crippen LogP contribution is 2.40. The molecule has 2 aromatic heterocycles. The molecule has 15 heteroatoms. The van der Waals surface area contributed by atoms with Crippen LogP contribution in [-0.2, 0) is 23.2 Å². The first-order valence-electron chi connectivity index (χ1n) is 14.5. The Kier molecular flexibility index (Phi) is 11.0. The first kappa shape index (κ1) is 33.7. The minimum atomic E-state index is -1.17. The molecule has 0 bridgehead atoms. The number of hydrogen-bond acceptors (Lipinski definition) is 7. The number of nitrogens with two attached hydrogens (primary N) is 1. The molecular formula is C30H37Cl2N7O6. The Morgan fingerprint density at radius 3 is 2.51 bits per heavy atom. The molecule has 1 atom stereocenters. The van der Waals surface area contributed by atoms with E-state index >= 15 is 0 Å². The highest BCUT2D eigenvalue weighted by Gasteiger charge is 2.28. The lowest BCUT2D eigenvalue weighted by Gasteiger charge is -2.32. The van der Waals surface area contributed by atoms with Crippen LogP contribution in [0.1, 0.15) is 61.0 Å². The molecular weight excluding hydrogens is 625 g/mol. The molecule has 1 saturated heterocycles. The molecule has 1 fully saturated rings. The van der Waals surface area contributed by atoms with E-state index in [1.54, 1.807) is 21.7 Å². The Bertz CT molecular complexity index is 1560. The molecule has 3 heterocycles. The lowest BCUT2D eigenvalue weighted by Crippen LogP contribution is -2.52. The lowest BCUT2D eigenvalue weighted by molar-refractivity contribution is -0.134. The fourth-order valence-corrected chi connectivity index (χ4v) is 5.74. The number of aryl methyl sites for hydroxylation is 1. The minimum Gasteiger partial charge on any atom is -0.484 e. The third-order valence-corrected chi connectivity index (χ3v) is 8.38. The molecule has 0 saturated carbocycles. The van der Waals surface area contributed by atoms with Crippen LogP contribution in [0.25, 0.3) is 11.3 Å². The molecule has 0 spiro atoms. The summed E-state index contributed by atoms with van der Waals surface area (Å²) in [6.07, 6.45) is 1.92. The van der Waals surface area contributed by atoms with Gasteiger partial charge in [0.1, 0.15) is 29.2 Å². The van der Waals surface area contributed by atoms with Crippen LogP contribution >= 0.6 is 23.2 Å². The van der Waals surface area contributed by atoms with Gasteiger partial charge in [-0.15, -0.1) is 0 Å². The van der Waals surface area contributed by atoms with Crippen molar-refractivity contribution in [1.82, 2.24) is 25.3 Å². The number of benzene rings is 1. The smallest absolute Gasteiger partial charge is 0.371 e. The number of carbonyl (C=O) groups excluding carboxylic acids is 2. The highest BCUT2D eigenvalue weighted by molar-refractivity contribution is 6.44. The third kappa shape index (κ3) is 8.49. The second kappa shape index (κ2) is 14.7. The van der Waals surface area contributed by atoms with Crippen molar-refractivity contribution < 1.29 is 28.6 Å². The number of furan rings is 1. The first-order chi connectivity index (χ1) is 21.3. The van der Waals surface area contributed by atoms with Gasteiger partial charge in [0.15, 0.2) is 5.96 Å². The number of halogens is 2. The number of aromatic nitrogens is 2. The van der Waals surface area contributed by atoms with E-state index in [0.717, 1.165) is 18.5 Å². The summed E-state index contributed by atoms with van der Waals surface area (Å²) in [5.74, 6) is -1.18. The van der Waals surface area contributed by atoms with E-state index in [1.807, 2.05) is 27.0 Å². The molecule has 1 aliphatic heterocycles. The number of likely N-dealkylation sites (tertiary alicyclic amines) is 1. The largest absolute Gasteiger partial charge is 0.484 e. The standard InChI is InChI=1S/C30H37Cl2N7O6/c1-16(2)12-21(36-30(33)34)28(41)35-14-25(40)39-10-8-17(9-11-39)22-13-20(37-38(22)3)19-5-7-23(27(32)26(19)31)44-15-18-4-6-24(45-18)29(42)43/h4-7,13,16-17,21H,8-12,14-15H2,1-3H3,(H,35,41)(H,42,43)(H4,33,34,36)/t21-/m1/s1. The van der Waals surface area contributed by atoms with Gasteiger partial charge in [-0.3, -0.25) is 19.7 Å². The van der Waals surface area contributed by atoms with Gasteiger partial charge in [0.05, 0.1) is 17.3 Å². The first-order valence-corrected chi connectivity index (χ1v) is 15.2. The average Bonchev–Trinajstić information content (AvgIpc) is 3.63. The SMILES string of the molecule is CC(C)C[C@@H](NC(=N)N)C(=O)NCC(=O)N1CCC(c2cc(-c3ccc(OCc4ccc(C(=O)O)o4)c(Cl)c3Cl)nn2C)CC1. The second-order valence-electron chi connectivity index (χ2n) is 11.3. The zero-order chi connectivity index (χ0) is 32.8. The van der Waals surface area contributed by atoms with Gasteiger partial charge >= 0.3 is 5.97 Å². The van der Waals surface area contributed by atoms with Crippen molar-refractivity contribution >= 4 is 46.9 Å². The summed E-state index contributed by atoms with van der Waals surface area (Å²) in [4.78, 5) is 38.2. The van der Waals surface area contributed by atoms with Crippen molar-refractivity contribution in [2.45, 2.75) is 51.7 Å². The molecule has 1 aliphatic rings. The summed E-state index contributed by atoms with van der Waals surface area (Å²) in [5.41, 5.74) is 7.68. The molecule has 2 amide bonds. The number of amides is 2. The van der Waals surface area contributed by atoms with Gasteiger partial charge in [0.25, 0.3) is 0 Å². The van der Waals surface area contributed by atoms with E-state index in [1.165, 1.54) is 12.1 Å². The number of guanidine groups is 1. The number of carbonyl (C=O) groups is 3. The fourth-order valence-electron chi connectivity index (χ4n) is 5.27. The fraction of sp³-hybridized carbons (Fsp3) is 0.433. The maximum Gasteiger partial charge on any atom is 0.371 e. The van der Waals surface area contributed by atoms with E-state index in [0.29, 0.717) is 42.3 Å². The van der Waals surface area contributed by atoms with Gasteiger partial charge in [-0.25, -0.2) is 4.79 Å². The van der Waals surface area contributed by atoms with Gasteiger partial charge in [-0.2, -0.15) is 5.10 Å². The Hall–Kier alpha value is -4.23. The van der Waals surface area contributed by atoms with Crippen LogP contribution < -0.4 is 21.1 Å². The van der Waals surface area contributed by atoms with E-state index in [4.69, 9.17) is 48.6 Å². The van der Waals surface area contributed by atoms with Gasteiger partial charge in [0, 0.05) is 37.3 Å². The summed E-state index contributed by atoms with van der Waals surface area (Å²) in [6.45, 7) is 4.83. The molecule has 242 valence electrons. The van der Waals surface area contributed by atoms with Crippen molar-refractivity contribution in [3.8, 4) is 17.0 Å². The molecule has 0 aliphatic carbocycles. The summed E-state index contributed by atoms with van der Waals surface area (Å²) < 4.78 is 12.7. The molecule has 0 radical (unpaired) electrons. The van der Waals surface area contributed by atoms with Gasteiger partial charge in [-0.05, 0) is 55.5 Å². The maximum absolute atomic E-state index is 12.9. The topological polar surface area (TPSA) is 189 Å². The van der Waals surface area contributed by atoms with Crippen LogP contribution in [0.4, 0.5) is 0 Å². The zero-order valence-corrected chi connectivity index (χ0v) is 26.7. The molecule has 3 aromatic rings. The monoisotopic (exact) mass is 661 g/mol. The molecule has 0 unspecified atom stereocenters. The summed E-state index contributed by atoms with van der Waals surface area (Å²) in [6, 6.07) is 7.58. The predicted molar refractivity (Wildman–Crippen MR) is 169 cm³/mol. The molecule has 13 nitrogen and oxygen atoms in total. The zero-order valence-electron chi connectivity index (χ0n) is 25.2. The van der Waals surface area contributed by atoms with Crippen molar-refractivity contribution in [3.05, 3.63) is 57.6 Å². The number of ether oxygens (including phenoxy) is 1. The number of aromatic carboxylic acids is 1. The minimum absolute atomic E-state index is 0.0281. The van der Waals surface area contributed by atoms with Crippen LogP contribution in [0.5, 0.6) is 5.75 Å². The van der Waals surface area contributed by atoms with Crippen molar-refractivity contribution in [2.24, 2.45) is 18.7 Å². The summed E-state index contributed by atoms with van der Waals surface area (Å²) in [7, 11) is 1.86. The van der Waals surface area contributed by atoms with Crippen molar-refractivity contribution in [3.63, 3.8) is 0 Å². The number of nitrogens with one attached hydrogen (secondary N) is 3.